The van der Waals surface area contributed by atoms with Gasteiger partial charge in [-0.1, -0.05) is 36.2 Å². The van der Waals surface area contributed by atoms with Crippen molar-refractivity contribution in [1.29, 1.82) is 0 Å². The molecule has 0 radical (unpaired) electrons. The number of thiazole rings is 1. The van der Waals surface area contributed by atoms with E-state index in [-0.39, 0.29) is 6.04 Å². The first-order valence-corrected chi connectivity index (χ1v) is 7.40. The van der Waals surface area contributed by atoms with Crippen LogP contribution in [-0.2, 0) is 6.42 Å². The number of hydrogen-bond donors (Lipinski definition) is 1. The molecule has 1 aromatic heterocycles. The molecular weight excluding hydrogens is 287 g/mol. The zero-order valence-electron chi connectivity index (χ0n) is 9.99. The molecule has 2 rings (SSSR count). The first-order chi connectivity index (χ1) is 8.72. The lowest BCUT2D eigenvalue weighted by atomic mass is 10.0. The fourth-order valence-electron chi connectivity index (χ4n) is 1.91. The minimum Gasteiger partial charge on any atom is -0.310 e. The van der Waals surface area contributed by atoms with E-state index in [1.54, 1.807) is 11.3 Å². The van der Waals surface area contributed by atoms with Gasteiger partial charge in [0.2, 0.25) is 0 Å². The molecule has 0 fully saturated rings. The maximum Gasteiger partial charge on any atom is 0.0794 e. The fourth-order valence-corrected chi connectivity index (χ4v) is 3.21. The molecule has 0 amide bonds. The molecule has 2 nitrogen and oxygen atoms in total. The van der Waals surface area contributed by atoms with Gasteiger partial charge in [-0.2, -0.15) is 0 Å². The third-order valence-electron chi connectivity index (χ3n) is 2.69. The Hall–Kier alpha value is -0.610. The summed E-state index contributed by atoms with van der Waals surface area (Å²) >= 11 is 14.2. The molecule has 1 heterocycles. The number of likely N-dealkylation sites (N-methyl/N-ethyl adjacent to an activating group) is 1. The molecule has 1 aromatic carbocycles. The van der Waals surface area contributed by atoms with E-state index in [9.17, 15) is 0 Å². The molecule has 0 saturated heterocycles. The van der Waals surface area contributed by atoms with Crippen molar-refractivity contribution < 1.29 is 0 Å². The number of hydrogen-bond acceptors (Lipinski definition) is 3. The van der Waals surface area contributed by atoms with E-state index in [0.29, 0.717) is 10.0 Å². The predicted octanol–water partition coefficient (Wildman–Crippen LogP) is 4.34. The van der Waals surface area contributed by atoms with E-state index in [4.69, 9.17) is 23.2 Å². The minimum atomic E-state index is 0.122. The summed E-state index contributed by atoms with van der Waals surface area (Å²) in [6, 6.07) is 5.74. The van der Waals surface area contributed by atoms with Crippen LogP contribution in [0.3, 0.4) is 0 Å². The summed E-state index contributed by atoms with van der Waals surface area (Å²) in [5.74, 6) is 0. The van der Waals surface area contributed by atoms with Crippen LogP contribution in [0, 0.1) is 0 Å². The lowest BCUT2D eigenvalue weighted by Crippen LogP contribution is -2.23. The van der Waals surface area contributed by atoms with Gasteiger partial charge in [-0.25, -0.2) is 0 Å². The maximum atomic E-state index is 6.26. The molecule has 2 aromatic rings. The Bertz CT molecular complexity index is 479. The van der Waals surface area contributed by atoms with Crippen molar-refractivity contribution in [1.82, 2.24) is 10.3 Å². The lowest BCUT2D eigenvalue weighted by Gasteiger charge is -2.20. The van der Waals surface area contributed by atoms with Crippen molar-refractivity contribution in [3.8, 4) is 0 Å². The standard InChI is InChI=1S/C13H14Cl2N2S/c1-2-17-12(6-9-7-16-8-18-9)13-10(14)4-3-5-11(13)15/h3-5,7-8,12,17H,2,6H2,1H3. The minimum absolute atomic E-state index is 0.122. The SMILES string of the molecule is CCNC(Cc1cncs1)c1c(Cl)cccc1Cl. The van der Waals surface area contributed by atoms with Gasteiger partial charge in [-0.3, -0.25) is 4.98 Å². The van der Waals surface area contributed by atoms with E-state index in [2.05, 4.69) is 17.2 Å². The molecule has 1 N–H and O–H groups in total. The largest absolute Gasteiger partial charge is 0.310 e. The monoisotopic (exact) mass is 300 g/mol. The Morgan fingerprint density at radius 2 is 2.06 bits per heavy atom. The highest BCUT2D eigenvalue weighted by molar-refractivity contribution is 7.09. The Balaban J connectivity index is 2.29. The van der Waals surface area contributed by atoms with Gasteiger partial charge in [-0.05, 0) is 18.7 Å². The molecule has 18 heavy (non-hydrogen) atoms. The molecule has 0 saturated carbocycles. The first kappa shape index (κ1) is 13.8. The van der Waals surface area contributed by atoms with E-state index in [1.165, 1.54) is 4.88 Å². The molecule has 0 aliphatic rings. The first-order valence-electron chi connectivity index (χ1n) is 5.77. The van der Waals surface area contributed by atoms with Gasteiger partial charge in [0.25, 0.3) is 0 Å². The van der Waals surface area contributed by atoms with Crippen molar-refractivity contribution in [3.63, 3.8) is 0 Å². The van der Waals surface area contributed by atoms with Crippen LogP contribution in [-0.4, -0.2) is 11.5 Å². The van der Waals surface area contributed by atoms with Crippen molar-refractivity contribution in [2.24, 2.45) is 0 Å². The summed E-state index contributed by atoms with van der Waals surface area (Å²) in [6.45, 7) is 2.94. The number of halogens is 2. The second-order valence-corrected chi connectivity index (χ2v) is 5.70. The molecule has 0 aliphatic heterocycles. The number of nitrogens with one attached hydrogen (secondary N) is 1. The topological polar surface area (TPSA) is 24.9 Å². The average molecular weight is 301 g/mol. The lowest BCUT2D eigenvalue weighted by molar-refractivity contribution is 0.553. The molecule has 5 heteroatoms. The number of aromatic nitrogens is 1. The molecule has 1 unspecified atom stereocenters. The molecule has 1 atom stereocenters. The molecule has 96 valence electrons. The van der Waals surface area contributed by atoms with Gasteiger partial charge >= 0.3 is 0 Å². The van der Waals surface area contributed by atoms with Crippen LogP contribution in [0.15, 0.2) is 29.9 Å². The van der Waals surface area contributed by atoms with Gasteiger partial charge < -0.3 is 5.32 Å². The van der Waals surface area contributed by atoms with Crippen LogP contribution in [0.4, 0.5) is 0 Å². The summed E-state index contributed by atoms with van der Waals surface area (Å²) in [6.07, 6.45) is 2.74. The average Bonchev–Trinajstić information content (AvgIpc) is 2.82. The summed E-state index contributed by atoms with van der Waals surface area (Å²) in [5, 5.41) is 4.84. The molecule has 0 bridgehead atoms. The second kappa shape index (κ2) is 6.53. The van der Waals surface area contributed by atoms with Crippen LogP contribution in [0.2, 0.25) is 10.0 Å². The predicted molar refractivity (Wildman–Crippen MR) is 78.7 cm³/mol. The molecule has 0 spiro atoms. The van der Waals surface area contributed by atoms with Crippen LogP contribution >= 0.6 is 34.5 Å². The smallest absolute Gasteiger partial charge is 0.0794 e. The van der Waals surface area contributed by atoms with Crippen molar-refractivity contribution >= 4 is 34.5 Å². The number of rotatable bonds is 5. The quantitative estimate of drug-likeness (QED) is 0.888. The Labute approximate surface area is 121 Å². The van der Waals surface area contributed by atoms with Crippen molar-refractivity contribution in [2.45, 2.75) is 19.4 Å². The zero-order chi connectivity index (χ0) is 13.0. The number of benzene rings is 1. The van der Waals surface area contributed by atoms with Gasteiger partial charge in [0, 0.05) is 39.1 Å². The number of nitrogens with zero attached hydrogens (tertiary/aromatic N) is 1. The van der Waals surface area contributed by atoms with Crippen LogP contribution in [0.5, 0.6) is 0 Å². The zero-order valence-corrected chi connectivity index (χ0v) is 12.3. The highest BCUT2D eigenvalue weighted by atomic mass is 35.5. The van der Waals surface area contributed by atoms with Crippen LogP contribution in [0.1, 0.15) is 23.4 Å². The van der Waals surface area contributed by atoms with E-state index in [0.717, 1.165) is 18.5 Å². The third-order valence-corrected chi connectivity index (χ3v) is 4.15. The molecule has 0 aliphatic carbocycles. The Kier molecular flexibility index (Phi) is 5.01. The van der Waals surface area contributed by atoms with Crippen LogP contribution in [0.25, 0.3) is 0 Å². The third kappa shape index (κ3) is 3.23. The van der Waals surface area contributed by atoms with Crippen molar-refractivity contribution in [2.75, 3.05) is 6.54 Å². The van der Waals surface area contributed by atoms with Gasteiger partial charge in [0.05, 0.1) is 5.51 Å². The van der Waals surface area contributed by atoms with Crippen LogP contribution < -0.4 is 5.32 Å². The molecular formula is C13H14Cl2N2S. The summed E-state index contributed by atoms with van der Waals surface area (Å²) < 4.78 is 0. The summed E-state index contributed by atoms with van der Waals surface area (Å²) in [7, 11) is 0. The van der Waals surface area contributed by atoms with Gasteiger partial charge in [0.1, 0.15) is 0 Å². The van der Waals surface area contributed by atoms with E-state index in [1.807, 2.05) is 29.9 Å². The van der Waals surface area contributed by atoms with Gasteiger partial charge in [0.15, 0.2) is 0 Å². The highest BCUT2D eigenvalue weighted by Crippen LogP contribution is 2.32. The van der Waals surface area contributed by atoms with Gasteiger partial charge in [-0.15, -0.1) is 11.3 Å². The van der Waals surface area contributed by atoms with E-state index >= 15 is 0 Å². The van der Waals surface area contributed by atoms with E-state index < -0.39 is 0 Å². The Morgan fingerprint density at radius 1 is 1.33 bits per heavy atom. The summed E-state index contributed by atoms with van der Waals surface area (Å²) in [5.41, 5.74) is 2.81. The maximum absolute atomic E-state index is 6.26. The Morgan fingerprint density at radius 3 is 2.61 bits per heavy atom. The fraction of sp³-hybridized carbons (Fsp3) is 0.308. The van der Waals surface area contributed by atoms with Crippen molar-refractivity contribution in [3.05, 3.63) is 50.4 Å². The second-order valence-electron chi connectivity index (χ2n) is 3.92. The normalized spacial score (nSPS) is 12.6. The highest BCUT2D eigenvalue weighted by Gasteiger charge is 2.18. The summed E-state index contributed by atoms with van der Waals surface area (Å²) in [4.78, 5) is 5.32.